The van der Waals surface area contributed by atoms with Gasteiger partial charge < -0.3 is 15.4 Å². The largest absolute Gasteiger partial charge is 0.445 e. The lowest BCUT2D eigenvalue weighted by molar-refractivity contribution is 0.123. The number of benzene rings is 1. The molecule has 1 aromatic rings. The van der Waals surface area contributed by atoms with E-state index in [0.717, 1.165) is 24.4 Å². The molecule has 2 saturated heterocycles. The van der Waals surface area contributed by atoms with Gasteiger partial charge in [0.15, 0.2) is 0 Å². The second-order valence-corrected chi connectivity index (χ2v) is 7.38. The van der Waals surface area contributed by atoms with Crippen molar-refractivity contribution >= 4 is 6.09 Å². The third kappa shape index (κ3) is 3.57. The van der Waals surface area contributed by atoms with Gasteiger partial charge >= 0.3 is 6.09 Å². The first-order chi connectivity index (χ1) is 11.8. The highest BCUT2D eigenvalue weighted by Crippen LogP contribution is 2.30. The van der Waals surface area contributed by atoms with Crippen LogP contribution < -0.4 is 10.6 Å². The van der Waals surface area contributed by atoms with Crippen LogP contribution in [0.1, 0.15) is 37.7 Å². The predicted octanol–water partition coefficient (Wildman–Crippen LogP) is 2.27. The number of carbonyl (C=O) groups excluding carboxylic acids is 1. The Bertz CT molecular complexity index is 559. The number of rotatable bonds is 5. The Balaban J connectivity index is 1.14. The molecule has 4 rings (SSSR count). The van der Waals surface area contributed by atoms with Gasteiger partial charge in [-0.1, -0.05) is 30.3 Å². The van der Waals surface area contributed by atoms with E-state index in [4.69, 9.17) is 4.74 Å². The molecule has 1 aliphatic carbocycles. The van der Waals surface area contributed by atoms with Crippen molar-refractivity contribution in [1.29, 1.82) is 0 Å². The highest BCUT2D eigenvalue weighted by Gasteiger charge is 2.40. The maximum absolute atomic E-state index is 11.9. The number of carbonyl (C=O) groups is 1. The molecule has 3 aliphatic rings. The Kier molecular flexibility index (Phi) is 4.72. The summed E-state index contributed by atoms with van der Waals surface area (Å²) in [5.74, 6) is 0. The molecule has 0 radical (unpaired) electrons. The van der Waals surface area contributed by atoms with E-state index in [1.165, 1.54) is 32.4 Å². The van der Waals surface area contributed by atoms with Gasteiger partial charge in [0.1, 0.15) is 6.61 Å². The Morgan fingerprint density at radius 1 is 1.12 bits per heavy atom. The summed E-state index contributed by atoms with van der Waals surface area (Å²) in [5.41, 5.74) is 1.02. The molecule has 3 fully saturated rings. The Morgan fingerprint density at radius 3 is 2.79 bits per heavy atom. The van der Waals surface area contributed by atoms with Gasteiger partial charge in [-0.25, -0.2) is 4.79 Å². The minimum absolute atomic E-state index is 0.256. The summed E-state index contributed by atoms with van der Waals surface area (Å²) in [4.78, 5) is 14.5. The molecule has 1 amide bonds. The third-order valence-electron chi connectivity index (χ3n) is 5.73. The van der Waals surface area contributed by atoms with Crippen molar-refractivity contribution in [3.63, 3.8) is 0 Å². The molecule has 0 bridgehead atoms. The van der Waals surface area contributed by atoms with E-state index in [1.54, 1.807) is 0 Å². The summed E-state index contributed by atoms with van der Waals surface area (Å²) >= 11 is 0. The quantitative estimate of drug-likeness (QED) is 0.870. The summed E-state index contributed by atoms with van der Waals surface area (Å²) in [6, 6.07) is 12.0. The summed E-state index contributed by atoms with van der Waals surface area (Å²) < 4.78 is 5.28. The van der Waals surface area contributed by atoms with Gasteiger partial charge in [-0.2, -0.15) is 0 Å². The van der Waals surface area contributed by atoms with Crippen LogP contribution in [0, 0.1) is 0 Å². The molecule has 0 aromatic heterocycles. The van der Waals surface area contributed by atoms with Crippen molar-refractivity contribution in [1.82, 2.24) is 15.5 Å². The molecule has 0 spiro atoms. The maximum Gasteiger partial charge on any atom is 0.407 e. The SMILES string of the molecule is O=C(NC1CC(NC2CCN3CCCC23)C1)OCc1ccccc1. The number of ether oxygens (including phenoxy) is 1. The topological polar surface area (TPSA) is 53.6 Å². The fourth-order valence-electron chi connectivity index (χ4n) is 4.38. The number of fused-ring (bicyclic) bond motifs is 1. The minimum Gasteiger partial charge on any atom is -0.445 e. The van der Waals surface area contributed by atoms with Crippen molar-refractivity contribution in [3.05, 3.63) is 35.9 Å². The first kappa shape index (κ1) is 15.9. The Morgan fingerprint density at radius 2 is 1.96 bits per heavy atom. The van der Waals surface area contributed by atoms with Crippen molar-refractivity contribution in [2.24, 2.45) is 0 Å². The second-order valence-electron chi connectivity index (χ2n) is 7.38. The standard InChI is InChI=1S/C19H27N3O2/c23-19(24-13-14-5-2-1-3-6-14)21-16-11-15(12-16)20-17-8-10-22-9-4-7-18(17)22/h1-3,5-6,15-18,20H,4,7-13H2,(H,21,23). The highest BCUT2D eigenvalue weighted by molar-refractivity contribution is 5.67. The van der Waals surface area contributed by atoms with Crippen LogP contribution in [0.25, 0.3) is 0 Å². The molecule has 2 N–H and O–H groups in total. The van der Waals surface area contributed by atoms with Crippen LogP contribution in [0.5, 0.6) is 0 Å². The predicted molar refractivity (Wildman–Crippen MR) is 92.7 cm³/mol. The van der Waals surface area contributed by atoms with E-state index in [9.17, 15) is 4.79 Å². The molecule has 130 valence electrons. The molecule has 2 heterocycles. The smallest absolute Gasteiger partial charge is 0.407 e. The van der Waals surface area contributed by atoms with E-state index in [1.807, 2.05) is 30.3 Å². The molecule has 2 aliphatic heterocycles. The molecule has 5 nitrogen and oxygen atoms in total. The summed E-state index contributed by atoms with van der Waals surface area (Å²) in [5, 5.41) is 6.79. The highest BCUT2D eigenvalue weighted by atomic mass is 16.5. The van der Waals surface area contributed by atoms with E-state index in [2.05, 4.69) is 15.5 Å². The molecular formula is C19H27N3O2. The average molecular weight is 329 g/mol. The number of nitrogens with one attached hydrogen (secondary N) is 2. The fourth-order valence-corrected chi connectivity index (χ4v) is 4.38. The zero-order chi connectivity index (χ0) is 16.4. The molecular weight excluding hydrogens is 302 g/mol. The van der Waals surface area contributed by atoms with Crippen LogP contribution in [0.4, 0.5) is 4.79 Å². The maximum atomic E-state index is 11.9. The molecule has 1 aromatic carbocycles. The average Bonchev–Trinajstić information content (AvgIpc) is 3.16. The molecule has 1 saturated carbocycles. The first-order valence-corrected chi connectivity index (χ1v) is 9.25. The van der Waals surface area contributed by atoms with Crippen molar-refractivity contribution in [2.75, 3.05) is 13.1 Å². The summed E-state index contributed by atoms with van der Waals surface area (Å²) in [6.45, 7) is 2.87. The van der Waals surface area contributed by atoms with Crippen molar-refractivity contribution < 1.29 is 9.53 Å². The van der Waals surface area contributed by atoms with Gasteiger partial charge in [-0.3, -0.25) is 4.90 Å². The van der Waals surface area contributed by atoms with E-state index < -0.39 is 0 Å². The van der Waals surface area contributed by atoms with E-state index in [0.29, 0.717) is 18.7 Å². The molecule has 24 heavy (non-hydrogen) atoms. The number of alkyl carbamates (subject to hydrolysis) is 1. The van der Waals surface area contributed by atoms with Gasteiger partial charge in [0.25, 0.3) is 0 Å². The summed E-state index contributed by atoms with van der Waals surface area (Å²) in [6.07, 6.45) is 5.71. The van der Waals surface area contributed by atoms with Gasteiger partial charge in [-0.05, 0) is 44.2 Å². The monoisotopic (exact) mass is 329 g/mol. The van der Waals surface area contributed by atoms with E-state index >= 15 is 0 Å². The lowest BCUT2D eigenvalue weighted by Crippen LogP contribution is -2.56. The van der Waals surface area contributed by atoms with Crippen LogP contribution in [-0.2, 0) is 11.3 Å². The molecule has 2 unspecified atom stereocenters. The Hall–Kier alpha value is -1.59. The zero-order valence-corrected chi connectivity index (χ0v) is 14.1. The minimum atomic E-state index is -0.301. The number of hydrogen-bond donors (Lipinski definition) is 2. The van der Waals surface area contributed by atoms with Gasteiger partial charge in [0, 0.05) is 30.7 Å². The van der Waals surface area contributed by atoms with Gasteiger partial charge in [0.2, 0.25) is 0 Å². The van der Waals surface area contributed by atoms with Crippen molar-refractivity contribution in [2.45, 2.75) is 62.9 Å². The second kappa shape index (κ2) is 7.11. The summed E-state index contributed by atoms with van der Waals surface area (Å²) in [7, 11) is 0. The fraction of sp³-hybridized carbons (Fsp3) is 0.632. The number of amides is 1. The Labute approximate surface area is 143 Å². The molecule has 5 heteroatoms. The number of nitrogens with zero attached hydrogens (tertiary/aromatic N) is 1. The van der Waals surface area contributed by atoms with Crippen LogP contribution in [0.15, 0.2) is 30.3 Å². The molecule has 2 atom stereocenters. The lowest BCUT2D eigenvalue weighted by atomic mass is 9.85. The number of hydrogen-bond acceptors (Lipinski definition) is 4. The zero-order valence-electron chi connectivity index (χ0n) is 14.1. The van der Waals surface area contributed by atoms with Crippen LogP contribution in [0.3, 0.4) is 0 Å². The van der Waals surface area contributed by atoms with Gasteiger partial charge in [-0.15, -0.1) is 0 Å². The van der Waals surface area contributed by atoms with Crippen molar-refractivity contribution in [3.8, 4) is 0 Å². The first-order valence-electron chi connectivity index (χ1n) is 9.25. The third-order valence-corrected chi connectivity index (χ3v) is 5.73. The van der Waals surface area contributed by atoms with Crippen LogP contribution in [0.2, 0.25) is 0 Å². The van der Waals surface area contributed by atoms with Crippen LogP contribution in [-0.4, -0.2) is 48.3 Å². The lowest BCUT2D eigenvalue weighted by Gasteiger charge is -2.38. The van der Waals surface area contributed by atoms with Gasteiger partial charge in [0.05, 0.1) is 0 Å². The van der Waals surface area contributed by atoms with Crippen LogP contribution >= 0.6 is 0 Å². The normalized spacial score (nSPS) is 32.2. The van der Waals surface area contributed by atoms with E-state index in [-0.39, 0.29) is 12.1 Å².